The number of carbonyl (C=O) groups is 1. The zero-order valence-electron chi connectivity index (χ0n) is 17.7. The van der Waals surface area contributed by atoms with Crippen LogP contribution in [0.3, 0.4) is 0 Å². The van der Waals surface area contributed by atoms with Crippen molar-refractivity contribution in [3.63, 3.8) is 0 Å². The molecule has 0 bridgehead atoms. The molecule has 5 nitrogen and oxygen atoms in total. The third-order valence-electron chi connectivity index (χ3n) is 4.94. The van der Waals surface area contributed by atoms with Crippen molar-refractivity contribution in [3.05, 3.63) is 116 Å². The number of aliphatic imine (C=N–C) groups is 2. The molecule has 2 N–H and O–H groups in total. The molecule has 0 aliphatic rings. The number of phenols is 2. The summed E-state index contributed by atoms with van der Waals surface area (Å²) in [5, 5.41) is 20.3. The third-order valence-corrected chi connectivity index (χ3v) is 5.92. The van der Waals surface area contributed by atoms with Crippen LogP contribution in [0.5, 0.6) is 11.5 Å². The van der Waals surface area contributed by atoms with E-state index in [1.54, 1.807) is 66.7 Å². The SMILES string of the molecule is O=C(c1ccccc1)c1ccc(N=Cc2cc(Br)ccc2O)c(N=Cc2cc(Br)ccc2O)c1. The molecule has 4 aromatic rings. The van der Waals surface area contributed by atoms with Crippen LogP contribution in [0.1, 0.15) is 27.0 Å². The summed E-state index contributed by atoms with van der Waals surface area (Å²) in [5.41, 5.74) is 2.99. The maximum atomic E-state index is 13.0. The topological polar surface area (TPSA) is 82.2 Å². The summed E-state index contributed by atoms with van der Waals surface area (Å²) < 4.78 is 1.60. The minimum Gasteiger partial charge on any atom is -0.507 e. The van der Waals surface area contributed by atoms with Gasteiger partial charge in [-0.05, 0) is 54.6 Å². The summed E-state index contributed by atoms with van der Waals surface area (Å²) >= 11 is 6.78. The fourth-order valence-corrected chi connectivity index (χ4v) is 3.93. The number of aromatic hydroxyl groups is 2. The van der Waals surface area contributed by atoms with E-state index in [-0.39, 0.29) is 17.3 Å². The van der Waals surface area contributed by atoms with Crippen molar-refractivity contribution >= 4 is 61.4 Å². The van der Waals surface area contributed by atoms with Crippen molar-refractivity contribution in [2.24, 2.45) is 9.98 Å². The second kappa shape index (κ2) is 10.6. The van der Waals surface area contributed by atoms with Gasteiger partial charge >= 0.3 is 0 Å². The number of phenolic OH excluding ortho intramolecular Hbond substituents is 2. The van der Waals surface area contributed by atoms with Crippen molar-refractivity contribution < 1.29 is 15.0 Å². The summed E-state index contributed by atoms with van der Waals surface area (Å²) in [7, 11) is 0. The summed E-state index contributed by atoms with van der Waals surface area (Å²) in [6.45, 7) is 0. The lowest BCUT2D eigenvalue weighted by molar-refractivity contribution is 0.103. The standard InChI is InChI=1S/C27H18Br2N2O3/c28-21-7-10-25(32)19(12-21)15-30-23-9-6-18(27(34)17-4-2-1-3-5-17)14-24(23)31-16-20-13-22(29)8-11-26(20)33/h1-16,32-33H. The zero-order chi connectivity index (χ0) is 24.1. The molecule has 0 saturated heterocycles. The number of carbonyl (C=O) groups excluding carboxylic acids is 1. The van der Waals surface area contributed by atoms with Gasteiger partial charge in [0.15, 0.2) is 5.78 Å². The van der Waals surface area contributed by atoms with Gasteiger partial charge in [-0.1, -0.05) is 62.2 Å². The minimum absolute atomic E-state index is 0.0765. The normalized spacial score (nSPS) is 11.4. The molecule has 7 heteroatoms. The van der Waals surface area contributed by atoms with Crippen LogP contribution in [-0.2, 0) is 0 Å². The number of halogens is 2. The molecule has 0 saturated carbocycles. The van der Waals surface area contributed by atoms with Crippen LogP contribution in [0.25, 0.3) is 0 Å². The van der Waals surface area contributed by atoms with Gasteiger partial charge in [0.2, 0.25) is 0 Å². The molecular weight excluding hydrogens is 560 g/mol. The largest absolute Gasteiger partial charge is 0.507 e. The Morgan fingerprint density at radius 2 is 1.21 bits per heavy atom. The van der Waals surface area contributed by atoms with E-state index in [1.165, 1.54) is 12.4 Å². The third kappa shape index (κ3) is 5.68. The number of hydrogen-bond acceptors (Lipinski definition) is 5. The van der Waals surface area contributed by atoms with Gasteiger partial charge < -0.3 is 10.2 Å². The van der Waals surface area contributed by atoms with Crippen molar-refractivity contribution in [1.29, 1.82) is 0 Å². The zero-order valence-corrected chi connectivity index (χ0v) is 20.9. The molecule has 0 aromatic heterocycles. The Morgan fingerprint density at radius 3 is 1.79 bits per heavy atom. The minimum atomic E-state index is -0.137. The maximum absolute atomic E-state index is 13.0. The summed E-state index contributed by atoms with van der Waals surface area (Å²) in [6, 6.07) is 24.1. The summed E-state index contributed by atoms with van der Waals surface area (Å²) in [5.74, 6) is 0.0297. The Morgan fingerprint density at radius 1 is 0.647 bits per heavy atom. The highest BCUT2D eigenvalue weighted by molar-refractivity contribution is 9.10. The fraction of sp³-hybridized carbons (Fsp3) is 0. The van der Waals surface area contributed by atoms with Crippen molar-refractivity contribution in [2.45, 2.75) is 0 Å². The molecule has 0 spiro atoms. The lowest BCUT2D eigenvalue weighted by Crippen LogP contribution is -2.00. The number of rotatable bonds is 6. The van der Waals surface area contributed by atoms with Gasteiger partial charge in [-0.25, -0.2) is 0 Å². The van der Waals surface area contributed by atoms with E-state index in [1.807, 2.05) is 18.2 Å². The van der Waals surface area contributed by atoms with Crippen molar-refractivity contribution in [1.82, 2.24) is 0 Å². The molecule has 0 atom stereocenters. The first-order valence-electron chi connectivity index (χ1n) is 10.2. The maximum Gasteiger partial charge on any atom is 0.193 e. The van der Waals surface area contributed by atoms with Crippen LogP contribution in [0.2, 0.25) is 0 Å². The number of ketones is 1. The van der Waals surface area contributed by atoms with Gasteiger partial charge in [-0.15, -0.1) is 0 Å². The van der Waals surface area contributed by atoms with Crippen LogP contribution in [0.4, 0.5) is 11.4 Å². The second-order valence-electron chi connectivity index (χ2n) is 7.32. The smallest absolute Gasteiger partial charge is 0.193 e. The molecule has 0 fully saturated rings. The number of nitrogens with zero attached hydrogens (tertiary/aromatic N) is 2. The van der Waals surface area contributed by atoms with E-state index in [0.29, 0.717) is 33.6 Å². The molecule has 168 valence electrons. The van der Waals surface area contributed by atoms with Gasteiger partial charge in [0.05, 0.1) is 11.4 Å². The van der Waals surface area contributed by atoms with Crippen LogP contribution in [-0.4, -0.2) is 28.4 Å². The monoisotopic (exact) mass is 576 g/mol. The fourth-order valence-electron chi connectivity index (χ4n) is 3.17. The van der Waals surface area contributed by atoms with E-state index in [4.69, 9.17) is 0 Å². The average molecular weight is 578 g/mol. The lowest BCUT2D eigenvalue weighted by atomic mass is 10.0. The average Bonchev–Trinajstić information content (AvgIpc) is 2.85. The Bertz CT molecular complexity index is 1420. The van der Waals surface area contributed by atoms with Crippen LogP contribution >= 0.6 is 31.9 Å². The Kier molecular flexibility index (Phi) is 7.35. The first kappa shape index (κ1) is 23.6. The highest BCUT2D eigenvalue weighted by atomic mass is 79.9. The van der Waals surface area contributed by atoms with E-state index < -0.39 is 0 Å². The van der Waals surface area contributed by atoms with Gasteiger partial charge in [0.25, 0.3) is 0 Å². The molecular formula is C27H18Br2N2O3. The van der Waals surface area contributed by atoms with Crippen LogP contribution < -0.4 is 0 Å². The first-order chi connectivity index (χ1) is 16.4. The first-order valence-corrected chi connectivity index (χ1v) is 11.8. The molecule has 0 radical (unpaired) electrons. The molecule has 0 heterocycles. The Labute approximate surface area is 213 Å². The van der Waals surface area contributed by atoms with E-state index in [0.717, 1.165) is 8.95 Å². The van der Waals surface area contributed by atoms with E-state index in [2.05, 4.69) is 41.8 Å². The lowest BCUT2D eigenvalue weighted by Gasteiger charge is -2.06. The Hall–Kier alpha value is -3.55. The van der Waals surface area contributed by atoms with E-state index in [9.17, 15) is 15.0 Å². The molecule has 0 aliphatic heterocycles. The van der Waals surface area contributed by atoms with Gasteiger partial charge in [0.1, 0.15) is 11.5 Å². The second-order valence-corrected chi connectivity index (χ2v) is 9.15. The molecule has 0 unspecified atom stereocenters. The highest BCUT2D eigenvalue weighted by Gasteiger charge is 2.12. The predicted octanol–water partition coefficient (Wildman–Crippen LogP) is 7.36. The number of hydrogen-bond donors (Lipinski definition) is 2. The van der Waals surface area contributed by atoms with Crippen molar-refractivity contribution in [2.75, 3.05) is 0 Å². The van der Waals surface area contributed by atoms with Crippen molar-refractivity contribution in [3.8, 4) is 11.5 Å². The van der Waals surface area contributed by atoms with E-state index >= 15 is 0 Å². The molecule has 0 amide bonds. The van der Waals surface area contributed by atoms with Crippen LogP contribution in [0.15, 0.2) is 104 Å². The van der Waals surface area contributed by atoms with Gasteiger partial charge in [-0.2, -0.15) is 0 Å². The molecule has 4 aromatic carbocycles. The Balaban J connectivity index is 1.76. The summed E-state index contributed by atoms with van der Waals surface area (Å²) in [4.78, 5) is 22.0. The van der Waals surface area contributed by atoms with Gasteiger partial charge in [0, 0.05) is 43.6 Å². The molecule has 0 aliphatic carbocycles. The number of benzene rings is 4. The quantitative estimate of drug-likeness (QED) is 0.185. The highest BCUT2D eigenvalue weighted by Crippen LogP contribution is 2.31. The van der Waals surface area contributed by atoms with Crippen LogP contribution in [0, 0.1) is 0 Å². The molecule has 34 heavy (non-hydrogen) atoms. The predicted molar refractivity (Wildman–Crippen MR) is 142 cm³/mol. The molecule has 4 rings (SSSR count). The van der Waals surface area contributed by atoms with Gasteiger partial charge in [-0.3, -0.25) is 14.8 Å². The summed E-state index contributed by atoms with van der Waals surface area (Å²) in [6.07, 6.45) is 3.05.